The molecule has 0 atom stereocenters. The van der Waals surface area contributed by atoms with E-state index in [-0.39, 0.29) is 18.1 Å². The number of nitriles is 1. The second kappa shape index (κ2) is 10.7. The van der Waals surface area contributed by atoms with Crippen molar-refractivity contribution in [2.24, 2.45) is 0 Å². The van der Waals surface area contributed by atoms with E-state index in [2.05, 4.69) is 26.9 Å². The number of amides is 1. The predicted octanol–water partition coefficient (Wildman–Crippen LogP) is 3.98. The van der Waals surface area contributed by atoms with Crippen molar-refractivity contribution in [2.45, 2.75) is 0 Å². The van der Waals surface area contributed by atoms with Crippen LogP contribution in [0.2, 0.25) is 5.02 Å². The summed E-state index contributed by atoms with van der Waals surface area (Å²) < 4.78 is 6.03. The van der Waals surface area contributed by atoms with E-state index in [1.807, 2.05) is 18.2 Å². The van der Waals surface area contributed by atoms with Gasteiger partial charge in [0.15, 0.2) is 10.9 Å². The van der Waals surface area contributed by atoms with Crippen LogP contribution in [0.25, 0.3) is 22.4 Å². The highest BCUT2D eigenvalue weighted by Crippen LogP contribution is 2.33. The van der Waals surface area contributed by atoms with Gasteiger partial charge in [-0.1, -0.05) is 53.8 Å². The summed E-state index contributed by atoms with van der Waals surface area (Å²) in [7, 11) is 0. The Hall–Kier alpha value is -3.19. The highest BCUT2D eigenvalue weighted by molar-refractivity contribution is 8.22. The van der Waals surface area contributed by atoms with Crippen LogP contribution in [0, 0.1) is 11.3 Å². The smallest absolute Gasteiger partial charge is 0.276 e. The number of rotatable bonds is 5. The van der Waals surface area contributed by atoms with Crippen LogP contribution < -0.4 is 15.6 Å². The number of thioether (sulfide) groups is 1. The van der Waals surface area contributed by atoms with Gasteiger partial charge in [0, 0.05) is 34.1 Å². The van der Waals surface area contributed by atoms with E-state index in [0.717, 1.165) is 11.1 Å². The van der Waals surface area contributed by atoms with Crippen molar-refractivity contribution in [1.29, 1.82) is 5.26 Å². The number of thiocarbonyl (C=S) groups is 1. The van der Waals surface area contributed by atoms with Crippen LogP contribution >= 0.6 is 35.6 Å². The van der Waals surface area contributed by atoms with Crippen molar-refractivity contribution in [3.63, 3.8) is 0 Å². The molecular formula is C21H16ClN5O2S2. The Morgan fingerprint density at radius 1 is 1.26 bits per heavy atom. The third-order valence-corrected chi connectivity index (χ3v) is 5.37. The monoisotopic (exact) mass is 469 g/mol. The van der Waals surface area contributed by atoms with Gasteiger partial charge in [0.2, 0.25) is 5.88 Å². The molecule has 3 aromatic rings. The molecule has 0 fully saturated rings. The molecule has 2 N–H and O–H groups in total. The summed E-state index contributed by atoms with van der Waals surface area (Å²) in [6.45, 7) is -0.359. The van der Waals surface area contributed by atoms with E-state index < -0.39 is 5.91 Å². The number of nitrogens with one attached hydrogen (secondary N) is 2. The summed E-state index contributed by atoms with van der Waals surface area (Å²) in [5.74, 6) is -0.432. The van der Waals surface area contributed by atoms with Crippen LogP contribution in [0.1, 0.15) is 5.56 Å². The maximum absolute atomic E-state index is 12.1. The van der Waals surface area contributed by atoms with Gasteiger partial charge in [-0.05, 0) is 30.5 Å². The lowest BCUT2D eigenvalue weighted by Crippen LogP contribution is -2.42. The zero-order chi connectivity index (χ0) is 22.2. The maximum atomic E-state index is 12.1. The molecule has 2 aromatic heterocycles. The molecule has 0 unspecified atom stereocenters. The molecule has 7 nitrogen and oxygen atoms in total. The third kappa shape index (κ3) is 5.92. The zero-order valence-electron chi connectivity index (χ0n) is 16.3. The van der Waals surface area contributed by atoms with Crippen molar-refractivity contribution < 1.29 is 9.53 Å². The largest absolute Gasteiger partial charge is 0.467 e. The lowest BCUT2D eigenvalue weighted by atomic mass is 10.00. The van der Waals surface area contributed by atoms with E-state index in [9.17, 15) is 10.1 Å². The quantitative estimate of drug-likeness (QED) is 0.427. The van der Waals surface area contributed by atoms with Crippen molar-refractivity contribution in [3.05, 3.63) is 65.4 Å². The normalized spacial score (nSPS) is 10.1. The standard InChI is InChI=1S/C21H16ClN5O2S2/c1-31-21(30)27-26-19(28)12-29-20-17(10-23)16(14-3-2-8-24-11-14)9-18(25-20)13-4-6-15(22)7-5-13/h2-9,11H,12H2,1H3,(H,26,28)(H,27,30). The van der Waals surface area contributed by atoms with E-state index in [0.29, 0.717) is 20.6 Å². The molecule has 2 heterocycles. The zero-order valence-corrected chi connectivity index (χ0v) is 18.6. The number of carbonyl (C=O) groups excluding carboxylic acids is 1. The first-order chi connectivity index (χ1) is 15.0. The number of hydrogen-bond acceptors (Lipinski definition) is 7. The average Bonchev–Trinajstić information content (AvgIpc) is 2.81. The predicted molar refractivity (Wildman–Crippen MR) is 126 cm³/mol. The van der Waals surface area contributed by atoms with Crippen molar-refractivity contribution in [1.82, 2.24) is 20.8 Å². The molecule has 0 saturated heterocycles. The molecule has 1 amide bonds. The number of ether oxygens (including phenoxy) is 1. The van der Waals surface area contributed by atoms with Gasteiger partial charge in [-0.25, -0.2) is 4.98 Å². The molecule has 156 valence electrons. The second-order valence-corrected chi connectivity index (χ2v) is 7.97. The van der Waals surface area contributed by atoms with Crippen LogP contribution in [-0.2, 0) is 4.79 Å². The fourth-order valence-electron chi connectivity index (χ4n) is 2.59. The van der Waals surface area contributed by atoms with E-state index in [4.69, 9.17) is 28.6 Å². The number of benzene rings is 1. The number of aromatic nitrogens is 2. The molecule has 31 heavy (non-hydrogen) atoms. The Bertz CT molecular complexity index is 1140. The number of hydrogen-bond donors (Lipinski definition) is 2. The first-order valence-corrected chi connectivity index (χ1v) is 10.9. The number of carbonyl (C=O) groups is 1. The summed E-state index contributed by atoms with van der Waals surface area (Å²) in [5.41, 5.74) is 7.86. The van der Waals surface area contributed by atoms with Crippen LogP contribution in [-0.4, -0.2) is 33.1 Å². The molecule has 0 radical (unpaired) electrons. The number of hydrazine groups is 1. The van der Waals surface area contributed by atoms with Crippen LogP contribution in [0.3, 0.4) is 0 Å². The molecule has 1 aromatic carbocycles. The summed E-state index contributed by atoms with van der Waals surface area (Å²) in [6.07, 6.45) is 5.07. The van der Waals surface area contributed by atoms with Gasteiger partial charge in [-0.2, -0.15) is 5.26 Å². The molecule has 0 aliphatic heterocycles. The van der Waals surface area contributed by atoms with Gasteiger partial charge in [-0.15, -0.1) is 0 Å². The fraction of sp³-hybridized carbons (Fsp3) is 0.0952. The van der Waals surface area contributed by atoms with Crippen LogP contribution in [0.4, 0.5) is 0 Å². The minimum Gasteiger partial charge on any atom is -0.467 e. The second-order valence-electron chi connectivity index (χ2n) is 6.05. The summed E-state index contributed by atoms with van der Waals surface area (Å²) in [4.78, 5) is 20.7. The highest BCUT2D eigenvalue weighted by Gasteiger charge is 2.18. The van der Waals surface area contributed by atoms with Gasteiger partial charge in [0.05, 0.1) is 5.69 Å². The van der Waals surface area contributed by atoms with E-state index in [1.54, 1.807) is 42.9 Å². The molecule has 10 heteroatoms. The van der Waals surface area contributed by atoms with Crippen molar-refractivity contribution in [2.75, 3.05) is 12.9 Å². The topological polar surface area (TPSA) is 99.9 Å². The minimum atomic E-state index is -0.470. The lowest BCUT2D eigenvalue weighted by molar-refractivity contribution is -0.123. The Morgan fingerprint density at radius 2 is 2.03 bits per heavy atom. The SMILES string of the molecule is CSC(=S)NNC(=O)COc1nc(-c2ccc(Cl)cc2)cc(-c2cccnc2)c1C#N. The summed E-state index contributed by atoms with van der Waals surface area (Å²) >= 11 is 12.2. The van der Waals surface area contributed by atoms with Crippen LogP contribution in [0.15, 0.2) is 54.9 Å². The van der Waals surface area contributed by atoms with Gasteiger partial charge >= 0.3 is 0 Å². The molecule has 0 spiro atoms. The van der Waals surface area contributed by atoms with Gasteiger partial charge < -0.3 is 4.74 Å². The molecule has 0 bridgehead atoms. The van der Waals surface area contributed by atoms with Gasteiger partial charge in [-0.3, -0.25) is 20.6 Å². The summed E-state index contributed by atoms with van der Waals surface area (Å²) in [5, 5.41) is 10.4. The van der Waals surface area contributed by atoms with Gasteiger partial charge in [0.25, 0.3) is 5.91 Å². The van der Waals surface area contributed by atoms with Crippen molar-refractivity contribution in [3.8, 4) is 34.3 Å². The molecule has 0 aliphatic rings. The van der Waals surface area contributed by atoms with Crippen molar-refractivity contribution >= 4 is 45.8 Å². The molecular weight excluding hydrogens is 454 g/mol. The average molecular weight is 470 g/mol. The maximum Gasteiger partial charge on any atom is 0.276 e. The van der Waals surface area contributed by atoms with E-state index in [1.165, 1.54) is 11.8 Å². The fourth-order valence-corrected chi connectivity index (χ4v) is 2.92. The van der Waals surface area contributed by atoms with E-state index >= 15 is 0 Å². The molecule has 3 rings (SSSR count). The Kier molecular flexibility index (Phi) is 7.78. The highest BCUT2D eigenvalue weighted by atomic mass is 35.5. The van der Waals surface area contributed by atoms with Gasteiger partial charge in [0.1, 0.15) is 11.6 Å². The first kappa shape index (κ1) is 22.5. The Balaban J connectivity index is 1.97. The van der Waals surface area contributed by atoms with Crippen LogP contribution in [0.5, 0.6) is 5.88 Å². The number of nitrogens with zero attached hydrogens (tertiary/aromatic N) is 3. The first-order valence-electron chi connectivity index (χ1n) is 8.89. The minimum absolute atomic E-state index is 0.0383. The lowest BCUT2D eigenvalue weighted by Gasteiger charge is -2.14. The summed E-state index contributed by atoms with van der Waals surface area (Å²) in [6, 6.07) is 14.6. The Morgan fingerprint density at radius 3 is 2.68 bits per heavy atom. The Labute approximate surface area is 193 Å². The molecule has 0 aliphatic carbocycles. The number of pyridine rings is 2. The third-order valence-electron chi connectivity index (χ3n) is 4.04. The number of halogens is 1. The molecule has 0 saturated carbocycles.